The maximum absolute atomic E-state index is 6.57. The van der Waals surface area contributed by atoms with Crippen LogP contribution in [0.1, 0.15) is 5.56 Å². The third-order valence-corrected chi connectivity index (χ3v) is 6.28. The Hall–Kier alpha value is -3.13. The van der Waals surface area contributed by atoms with Crippen molar-refractivity contribution in [3.63, 3.8) is 0 Å². The summed E-state index contributed by atoms with van der Waals surface area (Å²) >= 11 is 6.57. The number of aromatic amines is 1. The number of ether oxygens (including phenoxy) is 2. The summed E-state index contributed by atoms with van der Waals surface area (Å²) in [6.45, 7) is 5.82. The monoisotopic (exact) mass is 477 g/mol. The van der Waals surface area contributed by atoms with Crippen molar-refractivity contribution in [3.05, 3.63) is 71.4 Å². The topological polar surface area (TPSA) is 66.5 Å². The summed E-state index contributed by atoms with van der Waals surface area (Å²) in [5, 5.41) is 0.588. The van der Waals surface area contributed by atoms with Crippen LogP contribution in [0.3, 0.4) is 0 Å². The minimum Gasteiger partial charge on any atom is -0.492 e. The average molecular weight is 478 g/mol. The lowest BCUT2D eigenvalue weighted by molar-refractivity contribution is 0.0322. The molecule has 0 aliphatic carbocycles. The van der Waals surface area contributed by atoms with Crippen LogP contribution in [0.5, 0.6) is 5.75 Å². The minimum absolute atomic E-state index is 0.588. The summed E-state index contributed by atoms with van der Waals surface area (Å²) in [4.78, 5) is 17.1. The van der Waals surface area contributed by atoms with E-state index in [1.54, 1.807) is 6.20 Å². The molecule has 2 aromatic carbocycles. The number of halogens is 1. The standard InChI is InChI=1S/C26H28ClN5O2/c1-31(18-19-5-3-2-4-6-19)24-22(27)17-28-26-23(24)29-25(30-26)20-7-9-21(10-8-20)34-16-13-32-11-14-33-15-12-32/h2-10,17H,11-16,18H2,1H3,(H,28,29,30). The molecule has 1 aliphatic rings. The minimum atomic E-state index is 0.588. The highest BCUT2D eigenvalue weighted by molar-refractivity contribution is 6.34. The van der Waals surface area contributed by atoms with Crippen molar-refractivity contribution in [1.82, 2.24) is 19.9 Å². The molecular formula is C26H28ClN5O2. The van der Waals surface area contributed by atoms with Crippen LogP contribution >= 0.6 is 11.6 Å². The van der Waals surface area contributed by atoms with E-state index < -0.39 is 0 Å². The van der Waals surface area contributed by atoms with Crippen LogP contribution in [-0.2, 0) is 11.3 Å². The molecule has 1 fully saturated rings. The molecule has 5 rings (SSSR count). The van der Waals surface area contributed by atoms with Crippen LogP contribution in [0.25, 0.3) is 22.6 Å². The molecule has 2 aromatic heterocycles. The number of nitrogens with one attached hydrogen (secondary N) is 1. The van der Waals surface area contributed by atoms with E-state index in [1.165, 1.54) is 5.56 Å². The summed E-state index contributed by atoms with van der Waals surface area (Å²) in [5.41, 5.74) is 4.52. The molecule has 4 aromatic rings. The number of rotatable bonds is 8. The van der Waals surface area contributed by atoms with Crippen molar-refractivity contribution in [2.24, 2.45) is 0 Å². The Morgan fingerprint density at radius 2 is 1.85 bits per heavy atom. The maximum Gasteiger partial charge on any atom is 0.180 e. The van der Waals surface area contributed by atoms with E-state index >= 15 is 0 Å². The number of pyridine rings is 1. The van der Waals surface area contributed by atoms with E-state index in [0.29, 0.717) is 17.3 Å². The molecule has 3 heterocycles. The average Bonchev–Trinajstić information content (AvgIpc) is 3.30. The predicted molar refractivity (Wildman–Crippen MR) is 136 cm³/mol. The van der Waals surface area contributed by atoms with Gasteiger partial charge < -0.3 is 19.4 Å². The summed E-state index contributed by atoms with van der Waals surface area (Å²) < 4.78 is 11.3. The van der Waals surface area contributed by atoms with Gasteiger partial charge in [-0.2, -0.15) is 0 Å². The number of hydrogen-bond acceptors (Lipinski definition) is 6. The number of morpholine rings is 1. The smallest absolute Gasteiger partial charge is 0.180 e. The number of benzene rings is 2. The molecule has 0 atom stereocenters. The zero-order valence-corrected chi connectivity index (χ0v) is 20.0. The predicted octanol–water partition coefficient (Wildman–Crippen LogP) is 4.63. The van der Waals surface area contributed by atoms with Gasteiger partial charge in [-0.1, -0.05) is 41.9 Å². The lowest BCUT2D eigenvalue weighted by Crippen LogP contribution is -2.38. The van der Waals surface area contributed by atoms with E-state index in [-0.39, 0.29) is 0 Å². The first-order chi connectivity index (χ1) is 16.7. The number of nitrogens with zero attached hydrogens (tertiary/aromatic N) is 4. The number of H-pyrrole nitrogens is 1. The maximum atomic E-state index is 6.57. The van der Waals surface area contributed by atoms with Gasteiger partial charge in [-0.25, -0.2) is 9.97 Å². The Balaban J connectivity index is 1.30. The molecule has 1 N–H and O–H groups in total. The number of hydrogen-bond donors (Lipinski definition) is 1. The van der Waals surface area contributed by atoms with E-state index in [1.807, 2.05) is 49.5 Å². The molecule has 0 saturated carbocycles. The summed E-state index contributed by atoms with van der Waals surface area (Å²) in [7, 11) is 2.03. The van der Waals surface area contributed by atoms with Gasteiger partial charge in [0.05, 0.1) is 30.1 Å². The molecule has 0 bridgehead atoms. The molecule has 176 valence electrons. The SMILES string of the molecule is CN(Cc1ccccc1)c1c(Cl)cnc2nc(-c3ccc(OCCN4CCOCC4)cc3)[nH]c12. The van der Waals surface area contributed by atoms with Gasteiger partial charge in [0.1, 0.15) is 23.7 Å². The van der Waals surface area contributed by atoms with Gasteiger partial charge in [-0.05, 0) is 29.8 Å². The van der Waals surface area contributed by atoms with Gasteiger partial charge in [0.2, 0.25) is 0 Å². The van der Waals surface area contributed by atoms with Crippen molar-refractivity contribution in [2.75, 3.05) is 51.4 Å². The molecule has 1 aliphatic heterocycles. The zero-order valence-electron chi connectivity index (χ0n) is 19.2. The van der Waals surface area contributed by atoms with Crippen molar-refractivity contribution in [3.8, 4) is 17.1 Å². The fourth-order valence-corrected chi connectivity index (χ4v) is 4.48. The first kappa shape index (κ1) is 22.7. The van der Waals surface area contributed by atoms with Crippen LogP contribution in [-0.4, -0.2) is 66.4 Å². The van der Waals surface area contributed by atoms with E-state index in [4.69, 9.17) is 26.1 Å². The lowest BCUT2D eigenvalue weighted by atomic mass is 10.2. The quantitative estimate of drug-likeness (QED) is 0.399. The fraction of sp³-hybridized carbons (Fsp3) is 0.308. The van der Waals surface area contributed by atoms with Crippen molar-refractivity contribution < 1.29 is 9.47 Å². The second-order valence-electron chi connectivity index (χ2n) is 8.41. The van der Waals surface area contributed by atoms with Gasteiger partial charge in [-0.3, -0.25) is 4.90 Å². The Bertz CT molecular complexity index is 1220. The van der Waals surface area contributed by atoms with E-state index in [9.17, 15) is 0 Å². The number of aromatic nitrogens is 3. The first-order valence-corrected chi connectivity index (χ1v) is 11.9. The Kier molecular flexibility index (Phi) is 6.94. The molecule has 0 amide bonds. The van der Waals surface area contributed by atoms with Gasteiger partial charge >= 0.3 is 0 Å². The molecule has 8 heteroatoms. The van der Waals surface area contributed by atoms with Gasteiger partial charge in [-0.15, -0.1) is 0 Å². The largest absolute Gasteiger partial charge is 0.492 e. The van der Waals surface area contributed by atoms with Crippen molar-refractivity contribution >= 4 is 28.5 Å². The van der Waals surface area contributed by atoms with E-state index in [0.717, 1.165) is 67.7 Å². The highest BCUT2D eigenvalue weighted by Crippen LogP contribution is 2.33. The summed E-state index contributed by atoms with van der Waals surface area (Å²) in [6.07, 6.45) is 1.66. The normalized spacial score (nSPS) is 14.4. The number of anilines is 1. The Labute approximate surface area is 204 Å². The van der Waals surface area contributed by atoms with Crippen LogP contribution in [0.2, 0.25) is 5.02 Å². The summed E-state index contributed by atoms with van der Waals surface area (Å²) in [5.74, 6) is 1.59. The van der Waals surface area contributed by atoms with Crippen molar-refractivity contribution in [2.45, 2.75) is 6.54 Å². The highest BCUT2D eigenvalue weighted by Gasteiger charge is 2.17. The second-order valence-corrected chi connectivity index (χ2v) is 8.81. The lowest BCUT2D eigenvalue weighted by Gasteiger charge is -2.26. The Morgan fingerprint density at radius 1 is 1.09 bits per heavy atom. The third kappa shape index (κ3) is 5.17. The van der Waals surface area contributed by atoms with Gasteiger partial charge in [0.15, 0.2) is 5.65 Å². The fourth-order valence-electron chi connectivity index (χ4n) is 4.19. The van der Waals surface area contributed by atoms with Gasteiger partial charge in [0, 0.05) is 38.8 Å². The molecule has 34 heavy (non-hydrogen) atoms. The first-order valence-electron chi connectivity index (χ1n) is 11.5. The van der Waals surface area contributed by atoms with Crippen LogP contribution in [0.4, 0.5) is 5.69 Å². The molecule has 0 unspecified atom stereocenters. The molecule has 7 nitrogen and oxygen atoms in total. The summed E-state index contributed by atoms with van der Waals surface area (Å²) in [6, 6.07) is 18.3. The van der Waals surface area contributed by atoms with Crippen LogP contribution < -0.4 is 9.64 Å². The highest BCUT2D eigenvalue weighted by atomic mass is 35.5. The van der Waals surface area contributed by atoms with Crippen LogP contribution in [0.15, 0.2) is 60.8 Å². The molecule has 0 radical (unpaired) electrons. The third-order valence-electron chi connectivity index (χ3n) is 6.00. The number of imidazole rings is 1. The van der Waals surface area contributed by atoms with Crippen LogP contribution in [0, 0.1) is 0 Å². The Morgan fingerprint density at radius 3 is 2.62 bits per heavy atom. The second kappa shape index (κ2) is 10.4. The molecular weight excluding hydrogens is 450 g/mol. The van der Waals surface area contributed by atoms with E-state index in [2.05, 4.69) is 31.9 Å². The molecule has 0 spiro atoms. The number of fused-ring (bicyclic) bond motifs is 1. The van der Waals surface area contributed by atoms with Gasteiger partial charge in [0.25, 0.3) is 0 Å². The zero-order chi connectivity index (χ0) is 23.3. The molecule has 1 saturated heterocycles. The van der Waals surface area contributed by atoms with Crippen molar-refractivity contribution in [1.29, 1.82) is 0 Å².